The molecule has 0 aromatic carbocycles. The third kappa shape index (κ3) is 5.61. The maximum absolute atomic E-state index is 11.5. The van der Waals surface area contributed by atoms with E-state index < -0.39 is 11.2 Å². The third-order valence-corrected chi connectivity index (χ3v) is 3.39. The summed E-state index contributed by atoms with van der Waals surface area (Å²) < 4.78 is 0. The molecule has 0 saturated heterocycles. The van der Waals surface area contributed by atoms with Crippen LogP contribution < -0.4 is 0 Å². The first-order valence-electron chi connectivity index (χ1n) is 4.98. The predicted octanol–water partition coefficient (Wildman–Crippen LogP) is 0.955. The summed E-state index contributed by atoms with van der Waals surface area (Å²) >= 11 is 1.13. The number of nitrogens with zero attached hydrogens (tertiary/aromatic N) is 2. The number of hydrogen-bond acceptors (Lipinski definition) is 4. The summed E-state index contributed by atoms with van der Waals surface area (Å²) in [5.74, 6) is -0.882. The van der Waals surface area contributed by atoms with Gasteiger partial charge in [-0.15, -0.1) is 11.8 Å². The highest BCUT2D eigenvalue weighted by molar-refractivity contribution is 8.01. The van der Waals surface area contributed by atoms with Gasteiger partial charge in [0.15, 0.2) is 0 Å². The van der Waals surface area contributed by atoms with Gasteiger partial charge in [0.25, 0.3) is 0 Å². The molecule has 0 spiro atoms. The van der Waals surface area contributed by atoms with Crippen LogP contribution in [0.4, 0.5) is 0 Å². The van der Waals surface area contributed by atoms with Crippen molar-refractivity contribution in [2.24, 2.45) is 0 Å². The Labute approximate surface area is 99.4 Å². The Balaban J connectivity index is 3.96. The van der Waals surface area contributed by atoms with Crippen LogP contribution in [-0.2, 0) is 9.59 Å². The zero-order valence-corrected chi connectivity index (χ0v) is 10.3. The van der Waals surface area contributed by atoms with E-state index in [1.807, 2.05) is 6.07 Å². The predicted molar refractivity (Wildman–Crippen MR) is 62.0 cm³/mol. The second-order valence-electron chi connectivity index (χ2n) is 3.27. The number of amides is 1. The second kappa shape index (κ2) is 7.99. The highest BCUT2D eigenvalue weighted by Gasteiger charge is 2.18. The Hall–Kier alpha value is -1.22. The zero-order valence-electron chi connectivity index (χ0n) is 9.47. The SMILES string of the molecule is CCC(SCC(=O)N(C)CCC#N)C(=O)O. The number of nitriles is 1. The fourth-order valence-electron chi connectivity index (χ4n) is 0.988. The first-order chi connectivity index (χ1) is 7.52. The summed E-state index contributed by atoms with van der Waals surface area (Å²) in [7, 11) is 1.61. The number of carbonyl (C=O) groups excluding carboxylic acids is 1. The van der Waals surface area contributed by atoms with Gasteiger partial charge >= 0.3 is 5.97 Å². The molecule has 0 aromatic heterocycles. The van der Waals surface area contributed by atoms with E-state index in [2.05, 4.69) is 0 Å². The van der Waals surface area contributed by atoms with Gasteiger partial charge in [-0.2, -0.15) is 5.26 Å². The van der Waals surface area contributed by atoms with Crippen LogP contribution in [0.15, 0.2) is 0 Å². The van der Waals surface area contributed by atoms with E-state index in [4.69, 9.17) is 10.4 Å². The Bertz CT molecular complexity index is 288. The normalized spacial score (nSPS) is 11.6. The van der Waals surface area contributed by atoms with Crippen molar-refractivity contribution >= 4 is 23.6 Å². The average Bonchev–Trinajstić information content (AvgIpc) is 2.25. The summed E-state index contributed by atoms with van der Waals surface area (Å²) in [6.45, 7) is 2.16. The number of thioether (sulfide) groups is 1. The van der Waals surface area contributed by atoms with E-state index in [9.17, 15) is 9.59 Å². The van der Waals surface area contributed by atoms with Crippen molar-refractivity contribution in [2.45, 2.75) is 25.0 Å². The van der Waals surface area contributed by atoms with E-state index in [1.54, 1.807) is 14.0 Å². The lowest BCUT2D eigenvalue weighted by atomic mass is 10.3. The van der Waals surface area contributed by atoms with E-state index in [-0.39, 0.29) is 11.7 Å². The first-order valence-corrected chi connectivity index (χ1v) is 6.03. The number of aliphatic carboxylic acids is 1. The Morgan fingerprint density at radius 1 is 1.56 bits per heavy atom. The molecule has 16 heavy (non-hydrogen) atoms. The highest BCUT2D eigenvalue weighted by atomic mass is 32.2. The lowest BCUT2D eigenvalue weighted by Gasteiger charge is -2.16. The van der Waals surface area contributed by atoms with Gasteiger partial charge in [0.05, 0.1) is 18.2 Å². The van der Waals surface area contributed by atoms with E-state index in [0.29, 0.717) is 19.4 Å². The molecule has 0 aromatic rings. The lowest BCUT2D eigenvalue weighted by molar-refractivity contribution is -0.136. The minimum absolute atomic E-state index is 0.139. The van der Waals surface area contributed by atoms with Crippen molar-refractivity contribution in [2.75, 3.05) is 19.3 Å². The summed E-state index contributed by atoms with van der Waals surface area (Å²) in [5, 5.41) is 16.6. The Kier molecular flexibility index (Phi) is 7.38. The van der Waals surface area contributed by atoms with Crippen molar-refractivity contribution in [1.82, 2.24) is 4.90 Å². The smallest absolute Gasteiger partial charge is 0.316 e. The Morgan fingerprint density at radius 3 is 2.62 bits per heavy atom. The van der Waals surface area contributed by atoms with Crippen LogP contribution in [0.2, 0.25) is 0 Å². The second-order valence-corrected chi connectivity index (χ2v) is 4.46. The van der Waals surface area contributed by atoms with Crippen LogP contribution in [0.25, 0.3) is 0 Å². The topological polar surface area (TPSA) is 81.4 Å². The molecular weight excluding hydrogens is 228 g/mol. The van der Waals surface area contributed by atoms with Crippen molar-refractivity contribution in [1.29, 1.82) is 5.26 Å². The number of hydrogen-bond donors (Lipinski definition) is 1. The highest BCUT2D eigenvalue weighted by Crippen LogP contribution is 2.15. The standard InChI is InChI=1S/C10H16N2O3S/c1-3-8(10(14)15)16-7-9(13)12(2)6-4-5-11/h8H,3-4,6-7H2,1-2H3,(H,14,15). The van der Waals surface area contributed by atoms with Crippen LogP contribution in [0.1, 0.15) is 19.8 Å². The van der Waals surface area contributed by atoms with Crippen molar-refractivity contribution in [3.8, 4) is 6.07 Å². The summed E-state index contributed by atoms with van der Waals surface area (Å²) in [6.07, 6.45) is 0.790. The molecule has 6 heteroatoms. The largest absolute Gasteiger partial charge is 0.480 e. The molecular formula is C10H16N2O3S. The molecule has 0 radical (unpaired) electrons. The quantitative estimate of drug-likeness (QED) is 0.721. The number of rotatable bonds is 7. The van der Waals surface area contributed by atoms with Gasteiger partial charge in [0, 0.05) is 13.6 Å². The molecule has 1 atom stereocenters. The van der Waals surface area contributed by atoms with Crippen LogP contribution in [-0.4, -0.2) is 46.5 Å². The molecule has 0 aliphatic rings. The molecule has 1 amide bonds. The molecule has 0 rings (SSSR count). The number of carboxylic acids is 1. The fourth-order valence-corrected chi connectivity index (χ4v) is 1.93. The fraction of sp³-hybridized carbons (Fsp3) is 0.700. The summed E-state index contributed by atoms with van der Waals surface area (Å²) in [6, 6.07) is 1.95. The van der Waals surface area contributed by atoms with Crippen LogP contribution >= 0.6 is 11.8 Å². The van der Waals surface area contributed by atoms with Crippen molar-refractivity contribution < 1.29 is 14.7 Å². The molecule has 1 unspecified atom stereocenters. The van der Waals surface area contributed by atoms with E-state index in [0.717, 1.165) is 11.8 Å². The summed E-state index contributed by atoms with van der Waals surface area (Å²) in [5.41, 5.74) is 0. The first kappa shape index (κ1) is 14.8. The molecule has 0 fully saturated rings. The average molecular weight is 244 g/mol. The lowest BCUT2D eigenvalue weighted by Crippen LogP contribution is -2.30. The van der Waals surface area contributed by atoms with Crippen LogP contribution in [0.3, 0.4) is 0 Å². The number of carboxylic acid groups (broad SMARTS) is 1. The summed E-state index contributed by atoms with van der Waals surface area (Å²) in [4.78, 5) is 23.6. The van der Waals surface area contributed by atoms with Gasteiger partial charge in [0.1, 0.15) is 5.25 Å². The number of carbonyl (C=O) groups is 2. The molecule has 5 nitrogen and oxygen atoms in total. The maximum atomic E-state index is 11.5. The Morgan fingerprint density at radius 2 is 2.19 bits per heavy atom. The monoisotopic (exact) mass is 244 g/mol. The molecule has 0 bridgehead atoms. The van der Waals surface area contributed by atoms with Gasteiger partial charge in [-0.3, -0.25) is 9.59 Å². The van der Waals surface area contributed by atoms with Crippen molar-refractivity contribution in [3.63, 3.8) is 0 Å². The van der Waals surface area contributed by atoms with Gasteiger partial charge in [-0.25, -0.2) is 0 Å². The van der Waals surface area contributed by atoms with E-state index >= 15 is 0 Å². The van der Waals surface area contributed by atoms with Crippen LogP contribution in [0.5, 0.6) is 0 Å². The van der Waals surface area contributed by atoms with Crippen LogP contribution in [0, 0.1) is 11.3 Å². The molecule has 0 aliphatic carbocycles. The minimum atomic E-state index is -0.889. The maximum Gasteiger partial charge on any atom is 0.316 e. The molecule has 0 heterocycles. The van der Waals surface area contributed by atoms with Gasteiger partial charge in [0.2, 0.25) is 5.91 Å². The van der Waals surface area contributed by atoms with Gasteiger partial charge in [-0.05, 0) is 6.42 Å². The van der Waals surface area contributed by atoms with Gasteiger partial charge < -0.3 is 10.0 Å². The third-order valence-electron chi connectivity index (χ3n) is 2.04. The zero-order chi connectivity index (χ0) is 12.6. The van der Waals surface area contributed by atoms with Crippen molar-refractivity contribution in [3.05, 3.63) is 0 Å². The molecule has 0 saturated carbocycles. The minimum Gasteiger partial charge on any atom is -0.480 e. The molecule has 90 valence electrons. The molecule has 0 aliphatic heterocycles. The molecule has 1 N–H and O–H groups in total. The van der Waals surface area contributed by atoms with E-state index in [1.165, 1.54) is 4.90 Å². The van der Waals surface area contributed by atoms with Gasteiger partial charge in [-0.1, -0.05) is 6.92 Å².